The van der Waals surface area contributed by atoms with Crippen LogP contribution >= 0.6 is 0 Å². The van der Waals surface area contributed by atoms with Crippen LogP contribution in [0.2, 0.25) is 0 Å². The molecule has 154 valence electrons. The van der Waals surface area contributed by atoms with Gasteiger partial charge in [-0.3, -0.25) is 14.4 Å². The molecule has 0 aromatic heterocycles. The van der Waals surface area contributed by atoms with E-state index in [1.165, 1.54) is 20.8 Å². The second kappa shape index (κ2) is 11.0. The van der Waals surface area contributed by atoms with Gasteiger partial charge in [-0.15, -0.1) is 0 Å². The first-order chi connectivity index (χ1) is 13.2. The number of nitrogens with zero attached hydrogens (tertiary/aromatic N) is 1. The van der Waals surface area contributed by atoms with Crippen LogP contribution in [0.1, 0.15) is 33.3 Å². The van der Waals surface area contributed by atoms with Crippen LogP contribution in [0.4, 0.5) is 4.79 Å². The number of hydrogen-bond acceptors (Lipinski definition) is 6. The molecule has 1 aromatic carbocycles. The van der Waals surface area contributed by atoms with E-state index in [9.17, 15) is 19.2 Å². The normalized spacial score (nSPS) is 13.6. The summed E-state index contributed by atoms with van der Waals surface area (Å²) in [5.41, 5.74) is 6.22. The highest BCUT2D eigenvalue weighted by Gasteiger charge is 2.36. The van der Waals surface area contributed by atoms with Gasteiger partial charge in [0.1, 0.15) is 18.7 Å². The molecule has 0 aliphatic heterocycles. The molecule has 0 spiro atoms. The number of rotatable bonds is 8. The van der Waals surface area contributed by atoms with Crippen molar-refractivity contribution >= 4 is 23.8 Å². The molecule has 0 bridgehead atoms. The average Bonchev–Trinajstić information content (AvgIpc) is 2.67. The highest BCUT2D eigenvalue weighted by atomic mass is 16.6. The van der Waals surface area contributed by atoms with Crippen molar-refractivity contribution in [2.24, 2.45) is 5.73 Å². The first-order valence-electron chi connectivity index (χ1n) is 9.06. The fourth-order valence-electron chi connectivity index (χ4n) is 2.28. The number of likely N-dealkylation sites (N-methyl/N-ethyl adjacent to an activating group) is 1. The van der Waals surface area contributed by atoms with Crippen molar-refractivity contribution in [3.63, 3.8) is 0 Å². The van der Waals surface area contributed by atoms with Crippen LogP contribution in [-0.2, 0) is 25.7 Å². The molecule has 9 nitrogen and oxygen atoms in total. The summed E-state index contributed by atoms with van der Waals surface area (Å²) >= 11 is 0. The zero-order valence-electron chi connectivity index (χ0n) is 16.6. The minimum Gasteiger partial charge on any atom is -0.444 e. The van der Waals surface area contributed by atoms with Gasteiger partial charge in [-0.05, 0) is 33.3 Å². The van der Waals surface area contributed by atoms with Crippen molar-refractivity contribution in [3.05, 3.63) is 35.9 Å². The molecule has 0 saturated carbocycles. The van der Waals surface area contributed by atoms with Gasteiger partial charge in [0.2, 0.25) is 11.8 Å². The Labute approximate surface area is 164 Å². The molecule has 0 radical (unpaired) electrons. The Bertz CT molecular complexity index is 693. The third kappa shape index (κ3) is 6.66. The summed E-state index contributed by atoms with van der Waals surface area (Å²) < 4.78 is 5.21. The number of nitrogens with two attached hydrogens (primary N) is 1. The van der Waals surface area contributed by atoms with Crippen molar-refractivity contribution in [2.45, 2.75) is 52.4 Å². The van der Waals surface area contributed by atoms with Crippen LogP contribution in [0.15, 0.2) is 30.3 Å². The number of carbonyl (C=O) groups is 4. The summed E-state index contributed by atoms with van der Waals surface area (Å²) in [6, 6.07) is 5.90. The summed E-state index contributed by atoms with van der Waals surface area (Å²) in [4.78, 5) is 50.1. The quantitative estimate of drug-likeness (QED) is 0.591. The Morgan fingerprint density at radius 3 is 2.21 bits per heavy atom. The molecule has 9 heteroatoms. The Balaban J connectivity index is 2.96. The lowest BCUT2D eigenvalue weighted by Crippen LogP contribution is -2.57. The first-order valence-corrected chi connectivity index (χ1v) is 9.06. The molecule has 0 heterocycles. The lowest BCUT2D eigenvalue weighted by Gasteiger charge is -2.28. The third-order valence-electron chi connectivity index (χ3n) is 3.90. The number of imide groups is 1. The highest BCUT2D eigenvalue weighted by Crippen LogP contribution is 2.09. The van der Waals surface area contributed by atoms with E-state index in [1.807, 2.05) is 6.07 Å². The van der Waals surface area contributed by atoms with E-state index < -0.39 is 41.9 Å². The average molecular weight is 392 g/mol. The zero-order chi connectivity index (χ0) is 21.3. The van der Waals surface area contributed by atoms with Gasteiger partial charge < -0.3 is 21.1 Å². The van der Waals surface area contributed by atoms with Gasteiger partial charge in [0.15, 0.2) is 0 Å². The molecular weight excluding hydrogens is 364 g/mol. The van der Waals surface area contributed by atoms with Crippen LogP contribution < -0.4 is 16.4 Å². The Kier molecular flexibility index (Phi) is 9.10. The Hall–Kier alpha value is -2.94. The van der Waals surface area contributed by atoms with Gasteiger partial charge in [-0.2, -0.15) is 0 Å². The fraction of sp³-hybridized carbons (Fsp3) is 0.474. The van der Waals surface area contributed by atoms with Crippen LogP contribution in [0.25, 0.3) is 0 Å². The van der Waals surface area contributed by atoms with E-state index in [2.05, 4.69) is 10.6 Å². The lowest BCUT2D eigenvalue weighted by atomic mass is 10.2. The van der Waals surface area contributed by atoms with Gasteiger partial charge in [-0.25, -0.2) is 9.69 Å². The number of nitrogens with one attached hydrogen (secondary N) is 2. The Morgan fingerprint density at radius 1 is 1.07 bits per heavy atom. The molecule has 0 aliphatic carbocycles. The Morgan fingerprint density at radius 2 is 1.68 bits per heavy atom. The smallest absolute Gasteiger partial charge is 0.417 e. The summed E-state index contributed by atoms with van der Waals surface area (Å²) in [6.07, 6.45) is -0.977. The molecule has 1 aromatic rings. The monoisotopic (exact) mass is 392 g/mol. The second-order valence-corrected chi connectivity index (χ2v) is 6.34. The minimum atomic E-state index is -1.12. The van der Waals surface area contributed by atoms with E-state index in [4.69, 9.17) is 10.5 Å². The summed E-state index contributed by atoms with van der Waals surface area (Å²) in [6.45, 7) is 6.27. The first kappa shape index (κ1) is 23.1. The number of amides is 4. The number of benzene rings is 1. The molecule has 1 rings (SSSR count). The predicted molar refractivity (Wildman–Crippen MR) is 103 cm³/mol. The molecule has 0 unspecified atom stereocenters. The SMILES string of the molecule is CCNC(=O)[C@H](C)N(C(=O)OCc1ccccc1)C(=O)[C@H](C)NC(=O)[C@H](C)N. The fourth-order valence-corrected chi connectivity index (χ4v) is 2.28. The largest absolute Gasteiger partial charge is 0.444 e. The molecular formula is C19H28N4O5. The molecule has 0 fully saturated rings. The van der Waals surface area contributed by atoms with E-state index in [-0.39, 0.29) is 6.61 Å². The van der Waals surface area contributed by atoms with Crippen LogP contribution in [0, 0.1) is 0 Å². The standard InChI is InChI=1S/C19H28N4O5/c1-5-21-17(25)14(4)23(18(26)13(3)22-16(24)12(2)20)19(27)28-11-15-9-7-6-8-10-15/h6-10,12-14H,5,11,20H2,1-4H3,(H,21,25)(H,22,24)/t12-,13-,14-/m0/s1. The highest BCUT2D eigenvalue weighted by molar-refractivity contribution is 6.01. The number of ether oxygens (including phenoxy) is 1. The van der Waals surface area contributed by atoms with Crippen molar-refractivity contribution in [3.8, 4) is 0 Å². The molecule has 3 atom stereocenters. The molecule has 4 amide bonds. The van der Waals surface area contributed by atoms with Crippen molar-refractivity contribution in [1.29, 1.82) is 0 Å². The zero-order valence-corrected chi connectivity index (χ0v) is 16.6. The van der Waals surface area contributed by atoms with E-state index in [1.54, 1.807) is 31.2 Å². The summed E-state index contributed by atoms with van der Waals surface area (Å²) in [5.74, 6) is -1.84. The molecule has 4 N–H and O–H groups in total. The third-order valence-corrected chi connectivity index (χ3v) is 3.90. The van der Waals surface area contributed by atoms with Crippen LogP contribution in [0.3, 0.4) is 0 Å². The molecule has 0 aliphatic rings. The maximum atomic E-state index is 12.8. The van der Waals surface area contributed by atoms with E-state index in [0.29, 0.717) is 11.4 Å². The van der Waals surface area contributed by atoms with Crippen molar-refractivity contribution in [1.82, 2.24) is 15.5 Å². The maximum absolute atomic E-state index is 12.8. The minimum absolute atomic E-state index is 0.0633. The summed E-state index contributed by atoms with van der Waals surface area (Å²) in [7, 11) is 0. The number of hydrogen-bond donors (Lipinski definition) is 3. The van der Waals surface area contributed by atoms with Crippen molar-refractivity contribution in [2.75, 3.05) is 6.54 Å². The lowest BCUT2D eigenvalue weighted by molar-refractivity contribution is -0.140. The van der Waals surface area contributed by atoms with Crippen molar-refractivity contribution < 1.29 is 23.9 Å². The van der Waals surface area contributed by atoms with Gasteiger partial charge in [0, 0.05) is 6.54 Å². The van der Waals surface area contributed by atoms with Crippen LogP contribution in [0.5, 0.6) is 0 Å². The predicted octanol–water partition coefficient (Wildman–Crippen LogP) is 0.528. The van der Waals surface area contributed by atoms with Gasteiger partial charge in [0.05, 0.1) is 6.04 Å². The van der Waals surface area contributed by atoms with Gasteiger partial charge in [-0.1, -0.05) is 30.3 Å². The van der Waals surface area contributed by atoms with E-state index in [0.717, 1.165) is 5.56 Å². The maximum Gasteiger partial charge on any atom is 0.417 e. The van der Waals surface area contributed by atoms with E-state index >= 15 is 0 Å². The molecule has 28 heavy (non-hydrogen) atoms. The second-order valence-electron chi connectivity index (χ2n) is 6.34. The molecule has 0 saturated heterocycles. The van der Waals surface area contributed by atoms with Gasteiger partial charge >= 0.3 is 6.09 Å². The summed E-state index contributed by atoms with van der Waals surface area (Å²) in [5, 5.41) is 4.98. The number of carbonyl (C=O) groups excluding carboxylic acids is 4. The van der Waals surface area contributed by atoms with Gasteiger partial charge in [0.25, 0.3) is 5.91 Å². The topological polar surface area (TPSA) is 131 Å². The van der Waals surface area contributed by atoms with Crippen LogP contribution in [-0.4, -0.2) is 53.4 Å².